The van der Waals surface area contributed by atoms with E-state index < -0.39 is 0 Å². The fraction of sp³-hybridized carbons (Fsp3) is 0.867. The van der Waals surface area contributed by atoms with Crippen molar-refractivity contribution in [1.29, 1.82) is 0 Å². The summed E-state index contributed by atoms with van der Waals surface area (Å²) in [6.07, 6.45) is 5.51. The number of nitrogens with zero attached hydrogens (tertiary/aromatic N) is 1. The van der Waals surface area contributed by atoms with E-state index in [0.717, 1.165) is 45.3 Å². The second-order valence-corrected chi connectivity index (χ2v) is 5.93. The Morgan fingerprint density at radius 1 is 1.27 bits per heavy atom. The molecular weight excluding hydrogens is 306 g/mol. The fourth-order valence-electron chi connectivity index (χ4n) is 3.07. The van der Waals surface area contributed by atoms with Crippen molar-refractivity contribution in [3.63, 3.8) is 0 Å². The Balaban J connectivity index is 0.00000242. The van der Waals surface area contributed by atoms with Gasteiger partial charge in [-0.3, -0.25) is 9.59 Å². The van der Waals surface area contributed by atoms with Crippen molar-refractivity contribution in [2.75, 3.05) is 32.8 Å². The minimum Gasteiger partial charge on any atom is -0.378 e. The van der Waals surface area contributed by atoms with Crippen LogP contribution in [0, 0.1) is 5.92 Å². The molecule has 3 N–H and O–H groups in total. The van der Waals surface area contributed by atoms with E-state index in [2.05, 4.69) is 5.32 Å². The molecule has 0 aromatic rings. The summed E-state index contributed by atoms with van der Waals surface area (Å²) in [4.78, 5) is 26.1. The summed E-state index contributed by atoms with van der Waals surface area (Å²) < 4.78 is 5.55. The first-order valence-corrected chi connectivity index (χ1v) is 8.08. The third kappa shape index (κ3) is 5.74. The van der Waals surface area contributed by atoms with Crippen LogP contribution in [-0.4, -0.2) is 55.6 Å². The van der Waals surface area contributed by atoms with Crippen LogP contribution < -0.4 is 11.1 Å². The quantitative estimate of drug-likeness (QED) is 0.748. The number of likely N-dealkylation sites (tertiary alicyclic amines) is 1. The van der Waals surface area contributed by atoms with Crippen molar-refractivity contribution >= 4 is 24.2 Å². The summed E-state index contributed by atoms with van der Waals surface area (Å²) in [5, 5.41) is 2.82. The SMILES string of the molecule is Cl.NCCNC(=O)C1CCCN(C(=O)CCC2CCCO2)C1. The van der Waals surface area contributed by atoms with Crippen LogP contribution >= 0.6 is 12.4 Å². The second kappa shape index (κ2) is 10.0. The summed E-state index contributed by atoms with van der Waals surface area (Å²) in [7, 11) is 0. The Kier molecular flexibility index (Phi) is 8.75. The number of nitrogens with one attached hydrogen (secondary N) is 1. The maximum absolute atomic E-state index is 12.3. The zero-order valence-corrected chi connectivity index (χ0v) is 13.9. The van der Waals surface area contributed by atoms with Gasteiger partial charge in [0.2, 0.25) is 11.8 Å². The van der Waals surface area contributed by atoms with Gasteiger partial charge in [-0.1, -0.05) is 0 Å². The third-order valence-electron chi connectivity index (χ3n) is 4.29. The molecule has 0 spiro atoms. The lowest BCUT2D eigenvalue weighted by Gasteiger charge is -2.32. The predicted molar refractivity (Wildman–Crippen MR) is 86.8 cm³/mol. The molecule has 7 heteroatoms. The minimum absolute atomic E-state index is 0. The molecular formula is C15H28ClN3O3. The van der Waals surface area contributed by atoms with Gasteiger partial charge in [0.25, 0.3) is 0 Å². The van der Waals surface area contributed by atoms with E-state index >= 15 is 0 Å². The van der Waals surface area contributed by atoms with Crippen molar-refractivity contribution in [3.8, 4) is 0 Å². The Bertz CT molecular complexity index is 362. The molecule has 2 rings (SSSR count). The molecule has 2 amide bonds. The molecule has 0 aromatic heterocycles. The first kappa shape index (κ1) is 19.2. The van der Waals surface area contributed by atoms with Gasteiger partial charge in [0.1, 0.15) is 0 Å². The average molecular weight is 334 g/mol. The number of carbonyl (C=O) groups excluding carboxylic acids is 2. The van der Waals surface area contributed by atoms with E-state index in [1.54, 1.807) is 0 Å². The summed E-state index contributed by atoms with van der Waals surface area (Å²) in [5.74, 6) is 0.0934. The van der Waals surface area contributed by atoms with Gasteiger partial charge in [-0.2, -0.15) is 0 Å². The first-order valence-electron chi connectivity index (χ1n) is 8.08. The van der Waals surface area contributed by atoms with E-state index in [1.807, 2.05) is 4.90 Å². The van der Waals surface area contributed by atoms with Crippen LogP contribution in [0.2, 0.25) is 0 Å². The van der Waals surface area contributed by atoms with Crippen LogP contribution in [-0.2, 0) is 14.3 Å². The predicted octanol–water partition coefficient (Wildman–Crippen LogP) is 0.681. The normalized spacial score (nSPS) is 24.7. The third-order valence-corrected chi connectivity index (χ3v) is 4.29. The fourth-order valence-corrected chi connectivity index (χ4v) is 3.07. The molecule has 0 bridgehead atoms. The highest BCUT2D eigenvalue weighted by Gasteiger charge is 2.28. The molecule has 0 saturated carbocycles. The van der Waals surface area contributed by atoms with Gasteiger partial charge in [-0.15, -0.1) is 12.4 Å². The lowest BCUT2D eigenvalue weighted by Crippen LogP contribution is -2.46. The van der Waals surface area contributed by atoms with Gasteiger partial charge < -0.3 is 20.7 Å². The minimum atomic E-state index is -0.0861. The summed E-state index contributed by atoms with van der Waals surface area (Å²) in [6, 6.07) is 0. The Morgan fingerprint density at radius 3 is 2.77 bits per heavy atom. The van der Waals surface area contributed by atoms with Crippen molar-refractivity contribution in [2.24, 2.45) is 11.7 Å². The number of halogens is 1. The summed E-state index contributed by atoms with van der Waals surface area (Å²) in [6.45, 7) is 3.09. The molecule has 128 valence electrons. The number of piperidine rings is 1. The van der Waals surface area contributed by atoms with Crippen LogP contribution in [0.4, 0.5) is 0 Å². The van der Waals surface area contributed by atoms with Crippen LogP contribution in [0.1, 0.15) is 38.5 Å². The monoisotopic (exact) mass is 333 g/mol. The molecule has 2 fully saturated rings. The number of hydrogen-bond acceptors (Lipinski definition) is 4. The molecule has 0 radical (unpaired) electrons. The largest absolute Gasteiger partial charge is 0.378 e. The van der Waals surface area contributed by atoms with Crippen molar-refractivity contribution in [1.82, 2.24) is 10.2 Å². The number of amides is 2. The number of rotatable bonds is 6. The number of nitrogens with two attached hydrogens (primary N) is 1. The highest BCUT2D eigenvalue weighted by atomic mass is 35.5. The zero-order chi connectivity index (χ0) is 15.1. The molecule has 2 aliphatic rings. The number of hydrogen-bond donors (Lipinski definition) is 2. The van der Waals surface area contributed by atoms with E-state index in [4.69, 9.17) is 10.5 Å². The Labute approximate surface area is 138 Å². The van der Waals surface area contributed by atoms with Gasteiger partial charge in [0, 0.05) is 39.2 Å². The lowest BCUT2D eigenvalue weighted by atomic mass is 9.96. The maximum Gasteiger partial charge on any atom is 0.224 e. The topological polar surface area (TPSA) is 84.7 Å². The van der Waals surface area contributed by atoms with Crippen molar-refractivity contribution < 1.29 is 14.3 Å². The number of carbonyl (C=O) groups is 2. The maximum atomic E-state index is 12.3. The first-order chi connectivity index (χ1) is 10.2. The molecule has 2 saturated heterocycles. The summed E-state index contributed by atoms with van der Waals surface area (Å²) in [5.41, 5.74) is 5.39. The van der Waals surface area contributed by atoms with Gasteiger partial charge in [-0.25, -0.2) is 0 Å². The molecule has 0 aromatic carbocycles. The van der Waals surface area contributed by atoms with Crippen molar-refractivity contribution in [2.45, 2.75) is 44.6 Å². The number of ether oxygens (including phenoxy) is 1. The molecule has 2 heterocycles. The van der Waals surface area contributed by atoms with Crippen LogP contribution in [0.15, 0.2) is 0 Å². The molecule has 22 heavy (non-hydrogen) atoms. The molecule has 2 unspecified atom stereocenters. The second-order valence-electron chi connectivity index (χ2n) is 5.93. The van der Waals surface area contributed by atoms with Crippen LogP contribution in [0.3, 0.4) is 0 Å². The van der Waals surface area contributed by atoms with E-state index in [0.29, 0.717) is 26.1 Å². The standard InChI is InChI=1S/C15H27N3O3.ClH/c16-7-8-17-15(20)12-3-1-9-18(11-12)14(19)6-5-13-4-2-10-21-13;/h12-13H,1-11,16H2,(H,17,20);1H. The van der Waals surface area contributed by atoms with Gasteiger partial charge in [-0.05, 0) is 32.1 Å². The van der Waals surface area contributed by atoms with Gasteiger partial charge >= 0.3 is 0 Å². The van der Waals surface area contributed by atoms with E-state index in [-0.39, 0.29) is 36.2 Å². The Hall–Kier alpha value is -0.850. The van der Waals surface area contributed by atoms with E-state index in [1.165, 1.54) is 0 Å². The van der Waals surface area contributed by atoms with E-state index in [9.17, 15) is 9.59 Å². The molecule has 6 nitrogen and oxygen atoms in total. The molecule has 2 aliphatic heterocycles. The van der Waals surface area contributed by atoms with Crippen LogP contribution in [0.25, 0.3) is 0 Å². The van der Waals surface area contributed by atoms with Crippen LogP contribution in [0.5, 0.6) is 0 Å². The summed E-state index contributed by atoms with van der Waals surface area (Å²) >= 11 is 0. The highest BCUT2D eigenvalue weighted by Crippen LogP contribution is 2.20. The van der Waals surface area contributed by atoms with Crippen molar-refractivity contribution in [3.05, 3.63) is 0 Å². The van der Waals surface area contributed by atoms with Gasteiger partial charge in [0.05, 0.1) is 12.0 Å². The molecule has 0 aliphatic carbocycles. The highest BCUT2D eigenvalue weighted by molar-refractivity contribution is 5.85. The zero-order valence-electron chi connectivity index (χ0n) is 13.1. The Morgan fingerprint density at radius 2 is 2.09 bits per heavy atom. The average Bonchev–Trinajstić information content (AvgIpc) is 3.03. The lowest BCUT2D eigenvalue weighted by molar-refractivity contribution is -0.136. The van der Waals surface area contributed by atoms with Gasteiger partial charge in [0.15, 0.2) is 0 Å². The smallest absolute Gasteiger partial charge is 0.224 e. The molecule has 2 atom stereocenters.